The van der Waals surface area contributed by atoms with Crippen molar-refractivity contribution in [2.45, 2.75) is 6.61 Å². The Hall–Kier alpha value is -4.20. The second-order valence-electron chi connectivity index (χ2n) is 6.16. The van der Waals surface area contributed by atoms with Gasteiger partial charge in [-0.1, -0.05) is 36.4 Å². The molecule has 0 radical (unpaired) electrons. The third-order valence-electron chi connectivity index (χ3n) is 4.18. The minimum absolute atomic E-state index is 0.0606. The first-order chi connectivity index (χ1) is 14.6. The largest absolute Gasteiger partial charge is 0.488 e. The molecule has 0 heterocycles. The average Bonchev–Trinajstić information content (AvgIpc) is 2.78. The lowest BCUT2D eigenvalue weighted by Crippen LogP contribution is -2.02. The summed E-state index contributed by atoms with van der Waals surface area (Å²) >= 11 is 0. The summed E-state index contributed by atoms with van der Waals surface area (Å²) in [6, 6.07) is 20.5. The van der Waals surface area contributed by atoms with Crippen molar-refractivity contribution < 1.29 is 19.2 Å². The SMILES string of the molecule is COC(=O)c1ccc(COc2ccccc2/C=N\Nc2ccccc2[N+](=O)[O-])cc1. The Labute approximate surface area is 172 Å². The molecule has 0 spiro atoms. The van der Waals surface area contributed by atoms with Crippen molar-refractivity contribution in [1.29, 1.82) is 0 Å². The molecule has 0 saturated heterocycles. The number of benzene rings is 3. The fraction of sp³-hybridized carbons (Fsp3) is 0.0909. The summed E-state index contributed by atoms with van der Waals surface area (Å²) in [6.07, 6.45) is 1.53. The number of nitro benzene ring substituents is 1. The standard InChI is InChI=1S/C22H19N3O5/c1-29-22(26)17-12-10-16(11-13-17)15-30-21-9-5-2-6-18(21)14-23-24-19-7-3-4-8-20(19)25(27)28/h2-14,24H,15H2,1H3/b23-14-. The number of rotatable bonds is 8. The summed E-state index contributed by atoms with van der Waals surface area (Å²) in [4.78, 5) is 22.1. The molecule has 0 aliphatic heterocycles. The third-order valence-corrected chi connectivity index (χ3v) is 4.18. The molecule has 0 aliphatic rings. The van der Waals surface area contributed by atoms with Crippen LogP contribution in [0.2, 0.25) is 0 Å². The van der Waals surface area contributed by atoms with Gasteiger partial charge in [0, 0.05) is 11.6 Å². The number of carbonyl (C=O) groups excluding carboxylic acids is 1. The minimum atomic E-state index is -0.472. The molecule has 0 aliphatic carbocycles. The van der Waals surface area contributed by atoms with E-state index in [9.17, 15) is 14.9 Å². The van der Waals surface area contributed by atoms with E-state index in [0.717, 1.165) is 5.56 Å². The molecule has 3 aromatic carbocycles. The number of carbonyl (C=O) groups is 1. The maximum atomic E-state index is 11.5. The fourth-order valence-corrected chi connectivity index (χ4v) is 2.63. The molecule has 152 valence electrons. The lowest BCUT2D eigenvalue weighted by atomic mass is 10.1. The van der Waals surface area contributed by atoms with Gasteiger partial charge in [-0.3, -0.25) is 15.5 Å². The molecule has 8 nitrogen and oxygen atoms in total. The number of hydrogen-bond donors (Lipinski definition) is 1. The zero-order valence-corrected chi connectivity index (χ0v) is 16.1. The first kappa shape index (κ1) is 20.5. The van der Waals surface area contributed by atoms with Crippen LogP contribution >= 0.6 is 0 Å². The summed E-state index contributed by atoms with van der Waals surface area (Å²) in [5, 5.41) is 15.2. The molecule has 0 saturated carbocycles. The van der Waals surface area contributed by atoms with Crippen molar-refractivity contribution in [2.75, 3.05) is 12.5 Å². The molecule has 0 aromatic heterocycles. The van der Waals surface area contributed by atoms with Crippen molar-refractivity contribution in [3.05, 3.63) is 99.6 Å². The van der Waals surface area contributed by atoms with Gasteiger partial charge in [0.1, 0.15) is 18.0 Å². The van der Waals surface area contributed by atoms with E-state index in [2.05, 4.69) is 15.3 Å². The highest BCUT2D eigenvalue weighted by molar-refractivity contribution is 5.89. The van der Waals surface area contributed by atoms with Crippen molar-refractivity contribution in [3.8, 4) is 5.75 Å². The van der Waals surface area contributed by atoms with Crippen molar-refractivity contribution in [3.63, 3.8) is 0 Å². The number of esters is 1. The number of hydrogen-bond acceptors (Lipinski definition) is 7. The molecule has 0 atom stereocenters. The van der Waals surface area contributed by atoms with Crippen LogP contribution in [0.4, 0.5) is 11.4 Å². The number of hydrazone groups is 1. The molecule has 0 unspecified atom stereocenters. The van der Waals surface area contributed by atoms with E-state index < -0.39 is 10.9 Å². The van der Waals surface area contributed by atoms with Gasteiger partial charge in [-0.25, -0.2) is 4.79 Å². The van der Waals surface area contributed by atoms with Gasteiger partial charge >= 0.3 is 5.97 Å². The average molecular weight is 405 g/mol. The number of nitrogens with one attached hydrogen (secondary N) is 1. The van der Waals surface area contributed by atoms with Crippen LogP contribution in [0, 0.1) is 10.1 Å². The van der Waals surface area contributed by atoms with Gasteiger partial charge in [-0.2, -0.15) is 5.10 Å². The van der Waals surface area contributed by atoms with Gasteiger partial charge in [0.25, 0.3) is 5.69 Å². The van der Waals surface area contributed by atoms with Gasteiger partial charge in [0.05, 0.1) is 23.8 Å². The number of nitrogens with zero attached hydrogens (tertiary/aromatic N) is 2. The van der Waals surface area contributed by atoms with Crippen LogP contribution < -0.4 is 10.2 Å². The van der Waals surface area contributed by atoms with E-state index in [1.807, 2.05) is 18.2 Å². The molecule has 0 bridgehead atoms. The molecular formula is C22H19N3O5. The fourth-order valence-electron chi connectivity index (χ4n) is 2.63. The van der Waals surface area contributed by atoms with Crippen LogP contribution in [-0.4, -0.2) is 24.2 Å². The molecule has 8 heteroatoms. The predicted octanol–water partition coefficient (Wildman–Crippen LogP) is 4.41. The van der Waals surface area contributed by atoms with E-state index in [-0.39, 0.29) is 5.69 Å². The molecule has 0 amide bonds. The third kappa shape index (κ3) is 5.20. The zero-order valence-electron chi connectivity index (χ0n) is 16.1. The maximum Gasteiger partial charge on any atom is 0.337 e. The van der Waals surface area contributed by atoms with Crippen LogP contribution in [0.15, 0.2) is 77.9 Å². The first-order valence-electron chi connectivity index (χ1n) is 9.00. The summed E-state index contributed by atoms with van der Waals surface area (Å²) in [5.74, 6) is 0.206. The molecule has 0 fully saturated rings. The number of anilines is 1. The minimum Gasteiger partial charge on any atom is -0.488 e. The van der Waals surface area contributed by atoms with Crippen LogP contribution in [0.5, 0.6) is 5.75 Å². The van der Waals surface area contributed by atoms with E-state index >= 15 is 0 Å². The van der Waals surface area contributed by atoms with Crippen molar-refractivity contribution in [1.82, 2.24) is 0 Å². The first-order valence-corrected chi connectivity index (χ1v) is 9.00. The highest BCUT2D eigenvalue weighted by Gasteiger charge is 2.11. The van der Waals surface area contributed by atoms with Crippen LogP contribution in [-0.2, 0) is 11.3 Å². The van der Waals surface area contributed by atoms with E-state index in [1.165, 1.54) is 19.4 Å². The lowest BCUT2D eigenvalue weighted by Gasteiger charge is -2.09. The molecule has 30 heavy (non-hydrogen) atoms. The summed E-state index contributed by atoms with van der Waals surface area (Å²) in [6.45, 7) is 0.296. The topological polar surface area (TPSA) is 103 Å². The number of para-hydroxylation sites is 3. The summed E-state index contributed by atoms with van der Waals surface area (Å²) in [5.41, 5.74) is 4.98. The summed E-state index contributed by atoms with van der Waals surface area (Å²) < 4.78 is 10.6. The van der Waals surface area contributed by atoms with Crippen LogP contribution in [0.3, 0.4) is 0 Å². The van der Waals surface area contributed by atoms with Crippen LogP contribution in [0.25, 0.3) is 0 Å². The van der Waals surface area contributed by atoms with Gasteiger partial charge < -0.3 is 9.47 Å². The van der Waals surface area contributed by atoms with E-state index in [4.69, 9.17) is 4.74 Å². The normalized spacial score (nSPS) is 10.6. The zero-order chi connectivity index (χ0) is 21.3. The molecular weight excluding hydrogens is 386 g/mol. The predicted molar refractivity (Wildman–Crippen MR) is 113 cm³/mol. The van der Waals surface area contributed by atoms with Gasteiger partial charge in [-0.05, 0) is 35.9 Å². The molecule has 3 aromatic rings. The number of nitro groups is 1. The number of ether oxygens (including phenoxy) is 2. The van der Waals surface area contributed by atoms with Gasteiger partial charge in [0.15, 0.2) is 0 Å². The van der Waals surface area contributed by atoms with Gasteiger partial charge in [0.2, 0.25) is 0 Å². The highest BCUT2D eigenvalue weighted by Crippen LogP contribution is 2.23. The van der Waals surface area contributed by atoms with Crippen LogP contribution in [0.1, 0.15) is 21.5 Å². The second-order valence-corrected chi connectivity index (χ2v) is 6.16. The smallest absolute Gasteiger partial charge is 0.337 e. The Kier molecular flexibility index (Phi) is 6.73. The van der Waals surface area contributed by atoms with Crippen molar-refractivity contribution >= 4 is 23.6 Å². The Morgan fingerprint density at radius 3 is 2.50 bits per heavy atom. The second kappa shape index (κ2) is 9.83. The Morgan fingerprint density at radius 1 is 1.07 bits per heavy atom. The van der Waals surface area contributed by atoms with Gasteiger partial charge in [-0.15, -0.1) is 0 Å². The van der Waals surface area contributed by atoms with E-state index in [1.54, 1.807) is 48.5 Å². The lowest BCUT2D eigenvalue weighted by molar-refractivity contribution is -0.384. The van der Waals surface area contributed by atoms with Crippen molar-refractivity contribution in [2.24, 2.45) is 5.10 Å². The Balaban J connectivity index is 1.67. The Morgan fingerprint density at radius 2 is 1.77 bits per heavy atom. The van der Waals surface area contributed by atoms with E-state index in [0.29, 0.717) is 29.2 Å². The maximum absolute atomic E-state index is 11.5. The quantitative estimate of drug-likeness (QED) is 0.258. The molecule has 1 N–H and O–H groups in total. The Bertz CT molecular complexity index is 1060. The number of methoxy groups -OCH3 is 1. The summed E-state index contributed by atoms with van der Waals surface area (Å²) in [7, 11) is 1.34. The molecule has 3 rings (SSSR count). The highest BCUT2D eigenvalue weighted by atomic mass is 16.6. The monoisotopic (exact) mass is 405 g/mol.